The number of hydrogen-bond donors (Lipinski definition) is 1. The van der Waals surface area contributed by atoms with Gasteiger partial charge in [0.2, 0.25) is 0 Å². The molecule has 17 heavy (non-hydrogen) atoms. The van der Waals surface area contributed by atoms with Crippen molar-refractivity contribution in [2.75, 3.05) is 5.32 Å². The minimum absolute atomic E-state index is 0.209. The fourth-order valence-electron chi connectivity index (χ4n) is 1.68. The molecule has 0 atom stereocenters. The van der Waals surface area contributed by atoms with Crippen LogP contribution in [0, 0.1) is 12.7 Å². The molecular formula is C14H13BrFN. The maximum Gasteiger partial charge on any atom is 0.125 e. The molecule has 88 valence electrons. The lowest BCUT2D eigenvalue weighted by molar-refractivity contribution is 0.627. The molecule has 0 heterocycles. The molecule has 0 bridgehead atoms. The molecule has 3 heteroatoms. The first-order valence-corrected chi connectivity index (χ1v) is 6.19. The lowest BCUT2D eigenvalue weighted by Crippen LogP contribution is -2.00. The summed E-state index contributed by atoms with van der Waals surface area (Å²) in [4.78, 5) is 0. The van der Waals surface area contributed by atoms with Crippen molar-refractivity contribution in [3.05, 3.63) is 63.9 Å². The molecule has 1 nitrogen and oxygen atoms in total. The van der Waals surface area contributed by atoms with Gasteiger partial charge in [-0.25, -0.2) is 4.39 Å². The zero-order valence-electron chi connectivity index (χ0n) is 9.50. The van der Waals surface area contributed by atoms with Crippen molar-refractivity contribution in [2.24, 2.45) is 0 Å². The summed E-state index contributed by atoms with van der Waals surface area (Å²) in [5.41, 5.74) is 2.87. The van der Waals surface area contributed by atoms with Gasteiger partial charge in [0.1, 0.15) is 5.82 Å². The van der Waals surface area contributed by atoms with E-state index >= 15 is 0 Å². The second-order valence-corrected chi connectivity index (χ2v) is 4.82. The second-order valence-electron chi connectivity index (χ2n) is 3.96. The van der Waals surface area contributed by atoms with Gasteiger partial charge in [0.15, 0.2) is 0 Å². The van der Waals surface area contributed by atoms with Crippen LogP contribution in [-0.4, -0.2) is 0 Å². The molecular weight excluding hydrogens is 281 g/mol. The van der Waals surface area contributed by atoms with Gasteiger partial charge < -0.3 is 5.32 Å². The molecule has 0 saturated carbocycles. The quantitative estimate of drug-likeness (QED) is 0.878. The molecule has 0 unspecified atom stereocenters. The molecule has 0 aliphatic carbocycles. The maximum atomic E-state index is 13.2. The number of benzene rings is 2. The molecule has 1 N–H and O–H groups in total. The van der Waals surface area contributed by atoms with E-state index in [-0.39, 0.29) is 5.82 Å². The highest BCUT2D eigenvalue weighted by atomic mass is 79.9. The van der Waals surface area contributed by atoms with Gasteiger partial charge in [-0.3, -0.25) is 0 Å². The predicted molar refractivity (Wildman–Crippen MR) is 72.6 cm³/mol. The van der Waals surface area contributed by atoms with E-state index < -0.39 is 0 Å². The van der Waals surface area contributed by atoms with Crippen LogP contribution >= 0.6 is 15.9 Å². The molecule has 0 aliphatic rings. The molecule has 2 aromatic rings. The van der Waals surface area contributed by atoms with Crippen molar-refractivity contribution in [3.8, 4) is 0 Å². The molecule has 2 aromatic carbocycles. The van der Waals surface area contributed by atoms with Crippen molar-refractivity contribution in [3.63, 3.8) is 0 Å². The van der Waals surface area contributed by atoms with Crippen molar-refractivity contribution in [1.29, 1.82) is 0 Å². The van der Waals surface area contributed by atoms with Crippen LogP contribution in [0.4, 0.5) is 10.1 Å². The van der Waals surface area contributed by atoms with E-state index in [2.05, 4.69) is 21.2 Å². The Kier molecular flexibility index (Phi) is 3.79. The Hall–Kier alpha value is -1.35. The largest absolute Gasteiger partial charge is 0.381 e. The smallest absolute Gasteiger partial charge is 0.125 e. The summed E-state index contributed by atoms with van der Waals surface area (Å²) in [5, 5.41) is 3.21. The van der Waals surface area contributed by atoms with E-state index in [1.807, 2.05) is 37.3 Å². The number of halogens is 2. The van der Waals surface area contributed by atoms with E-state index in [1.54, 1.807) is 0 Å². The molecule has 0 saturated heterocycles. The zero-order valence-corrected chi connectivity index (χ0v) is 11.1. The molecule has 0 aliphatic heterocycles. The summed E-state index contributed by atoms with van der Waals surface area (Å²) in [6.45, 7) is 2.55. The Morgan fingerprint density at radius 3 is 2.65 bits per heavy atom. The summed E-state index contributed by atoms with van der Waals surface area (Å²) < 4.78 is 14.2. The van der Waals surface area contributed by atoms with Crippen LogP contribution in [0.3, 0.4) is 0 Å². The number of rotatable bonds is 3. The lowest BCUT2D eigenvalue weighted by atomic mass is 10.2. The monoisotopic (exact) mass is 293 g/mol. The van der Waals surface area contributed by atoms with Gasteiger partial charge in [-0.1, -0.05) is 34.1 Å². The molecule has 0 aromatic heterocycles. The summed E-state index contributed by atoms with van der Waals surface area (Å²) in [6, 6.07) is 12.9. The van der Waals surface area contributed by atoms with Crippen LogP contribution < -0.4 is 5.32 Å². The zero-order chi connectivity index (χ0) is 12.3. The summed E-state index contributed by atoms with van der Waals surface area (Å²) in [6.07, 6.45) is 0. The molecule has 0 amide bonds. The standard InChI is InChI=1S/C14H13BrFN/c1-10-6-12(16)8-13(7-10)17-9-11-4-2-3-5-14(11)15/h2-8,17H,9H2,1H3. The SMILES string of the molecule is Cc1cc(F)cc(NCc2ccccc2Br)c1. The third kappa shape index (κ3) is 3.30. The van der Waals surface area contributed by atoms with Crippen LogP contribution in [0.15, 0.2) is 46.9 Å². The third-order valence-electron chi connectivity index (χ3n) is 2.48. The van der Waals surface area contributed by atoms with Crippen molar-refractivity contribution in [2.45, 2.75) is 13.5 Å². The minimum atomic E-state index is -0.209. The highest BCUT2D eigenvalue weighted by Crippen LogP contribution is 2.19. The van der Waals surface area contributed by atoms with E-state index in [9.17, 15) is 4.39 Å². The Bertz CT molecular complexity index is 505. The van der Waals surface area contributed by atoms with E-state index in [4.69, 9.17) is 0 Å². The Morgan fingerprint density at radius 1 is 1.18 bits per heavy atom. The third-order valence-corrected chi connectivity index (χ3v) is 3.26. The fourth-order valence-corrected chi connectivity index (χ4v) is 2.10. The van der Waals surface area contributed by atoms with Gasteiger partial charge >= 0.3 is 0 Å². The van der Waals surface area contributed by atoms with E-state index in [0.717, 1.165) is 21.3 Å². The van der Waals surface area contributed by atoms with Gasteiger partial charge in [0.05, 0.1) is 0 Å². The van der Waals surface area contributed by atoms with Gasteiger partial charge in [0, 0.05) is 16.7 Å². The first-order chi connectivity index (χ1) is 8.15. The Balaban J connectivity index is 2.10. The molecule has 0 fully saturated rings. The van der Waals surface area contributed by atoms with Crippen LogP contribution in [0.2, 0.25) is 0 Å². The summed E-state index contributed by atoms with van der Waals surface area (Å²) in [5.74, 6) is -0.209. The van der Waals surface area contributed by atoms with E-state index in [1.165, 1.54) is 12.1 Å². The molecule has 0 radical (unpaired) electrons. The highest BCUT2D eigenvalue weighted by molar-refractivity contribution is 9.10. The number of nitrogens with one attached hydrogen (secondary N) is 1. The van der Waals surface area contributed by atoms with Gasteiger partial charge in [0.25, 0.3) is 0 Å². The average molecular weight is 294 g/mol. The molecule has 2 rings (SSSR count). The van der Waals surface area contributed by atoms with Gasteiger partial charge in [-0.15, -0.1) is 0 Å². The summed E-state index contributed by atoms with van der Waals surface area (Å²) in [7, 11) is 0. The summed E-state index contributed by atoms with van der Waals surface area (Å²) >= 11 is 3.48. The number of aryl methyl sites for hydroxylation is 1. The second kappa shape index (κ2) is 5.32. The lowest BCUT2D eigenvalue weighted by Gasteiger charge is -2.09. The first kappa shape index (κ1) is 12.1. The topological polar surface area (TPSA) is 12.0 Å². The van der Waals surface area contributed by atoms with Crippen molar-refractivity contribution >= 4 is 21.6 Å². The van der Waals surface area contributed by atoms with Gasteiger partial charge in [-0.2, -0.15) is 0 Å². The van der Waals surface area contributed by atoms with E-state index in [0.29, 0.717) is 6.54 Å². The predicted octanol–water partition coefficient (Wildman–Crippen LogP) is 4.51. The number of anilines is 1. The van der Waals surface area contributed by atoms with Crippen molar-refractivity contribution in [1.82, 2.24) is 0 Å². The van der Waals surface area contributed by atoms with Crippen LogP contribution in [0.1, 0.15) is 11.1 Å². The average Bonchev–Trinajstić information content (AvgIpc) is 2.27. The highest BCUT2D eigenvalue weighted by Gasteiger charge is 2.00. The van der Waals surface area contributed by atoms with Crippen LogP contribution in [0.25, 0.3) is 0 Å². The van der Waals surface area contributed by atoms with Crippen LogP contribution in [-0.2, 0) is 6.54 Å². The Labute approximate surface area is 109 Å². The number of hydrogen-bond acceptors (Lipinski definition) is 1. The maximum absolute atomic E-state index is 13.2. The first-order valence-electron chi connectivity index (χ1n) is 5.39. The van der Waals surface area contributed by atoms with Crippen molar-refractivity contribution < 1.29 is 4.39 Å². The normalized spacial score (nSPS) is 10.3. The molecule has 0 spiro atoms. The minimum Gasteiger partial charge on any atom is -0.381 e. The van der Waals surface area contributed by atoms with Crippen LogP contribution in [0.5, 0.6) is 0 Å². The van der Waals surface area contributed by atoms with Gasteiger partial charge in [-0.05, 0) is 42.3 Å². The Morgan fingerprint density at radius 2 is 1.94 bits per heavy atom. The fraction of sp³-hybridized carbons (Fsp3) is 0.143.